The van der Waals surface area contributed by atoms with E-state index in [1.165, 1.54) is 0 Å². The molecule has 0 saturated heterocycles. The third-order valence-corrected chi connectivity index (χ3v) is 5.77. The Morgan fingerprint density at radius 1 is 1.40 bits per heavy atom. The largest absolute Gasteiger partial charge is 0.394 e. The number of fused-ring (bicyclic) bond motifs is 4. The lowest BCUT2D eigenvalue weighted by atomic mass is 9.95. The topological polar surface area (TPSA) is 80.2 Å². The first kappa shape index (κ1) is 16.6. The summed E-state index contributed by atoms with van der Waals surface area (Å²) in [6.07, 6.45) is 3.21. The lowest BCUT2D eigenvalue weighted by Crippen LogP contribution is -2.32. The van der Waals surface area contributed by atoms with Gasteiger partial charge in [0, 0.05) is 17.4 Å². The van der Waals surface area contributed by atoms with Crippen molar-refractivity contribution in [1.82, 2.24) is 15.0 Å². The van der Waals surface area contributed by atoms with E-state index < -0.39 is 0 Å². The maximum atomic E-state index is 9.46. The van der Waals surface area contributed by atoms with Gasteiger partial charge >= 0.3 is 0 Å². The van der Waals surface area contributed by atoms with E-state index in [-0.39, 0.29) is 18.2 Å². The zero-order chi connectivity index (χ0) is 17.6. The third-order valence-electron chi connectivity index (χ3n) is 4.68. The quantitative estimate of drug-likeness (QED) is 0.745. The second-order valence-electron chi connectivity index (χ2n) is 7.11. The molecule has 1 aliphatic rings. The number of aliphatic hydroxyl groups is 1. The van der Waals surface area contributed by atoms with Gasteiger partial charge in [-0.05, 0) is 26.3 Å². The highest BCUT2D eigenvalue weighted by molar-refractivity contribution is 7.25. The van der Waals surface area contributed by atoms with Crippen LogP contribution in [-0.2, 0) is 17.8 Å². The standard InChI is InChI=1S/C18H22N4O2S/c1-4-11(7-23)21-16-15-14(19-9-20-16)12-5-10-8-24-18(2,3)6-13(10)22-17(12)25-15/h5,9,11,23H,4,6-8H2,1-3H3,(H,19,20,21)/t11-/m0/s1. The van der Waals surface area contributed by atoms with Gasteiger partial charge < -0.3 is 15.2 Å². The number of aromatic nitrogens is 3. The predicted molar refractivity (Wildman–Crippen MR) is 100 cm³/mol. The Balaban J connectivity index is 1.84. The molecule has 0 spiro atoms. The molecule has 2 N–H and O–H groups in total. The maximum absolute atomic E-state index is 9.46. The Kier molecular flexibility index (Phi) is 4.10. The van der Waals surface area contributed by atoms with Crippen molar-refractivity contribution in [3.05, 3.63) is 23.7 Å². The SMILES string of the molecule is CC[C@@H](CO)Nc1ncnc2c1sc1nc3c(cc12)COC(C)(C)C3. The summed E-state index contributed by atoms with van der Waals surface area (Å²) in [6, 6.07) is 2.14. The van der Waals surface area contributed by atoms with Gasteiger partial charge in [0.15, 0.2) is 0 Å². The van der Waals surface area contributed by atoms with E-state index in [2.05, 4.69) is 35.2 Å². The normalized spacial score (nSPS) is 17.6. The number of pyridine rings is 1. The van der Waals surface area contributed by atoms with Crippen LogP contribution < -0.4 is 5.32 Å². The minimum absolute atomic E-state index is 0.0151. The van der Waals surface area contributed by atoms with E-state index in [4.69, 9.17) is 9.72 Å². The number of aliphatic hydroxyl groups excluding tert-OH is 1. The molecule has 0 bridgehead atoms. The van der Waals surface area contributed by atoms with E-state index in [1.54, 1.807) is 17.7 Å². The van der Waals surface area contributed by atoms with Gasteiger partial charge in [0.25, 0.3) is 0 Å². The van der Waals surface area contributed by atoms with Gasteiger partial charge in [0.05, 0.1) is 40.8 Å². The first-order valence-electron chi connectivity index (χ1n) is 8.58. The summed E-state index contributed by atoms with van der Waals surface area (Å²) in [5, 5.41) is 13.8. The highest BCUT2D eigenvalue weighted by Gasteiger charge is 2.28. The summed E-state index contributed by atoms with van der Waals surface area (Å²) in [4.78, 5) is 14.7. The van der Waals surface area contributed by atoms with Crippen LogP contribution in [0.5, 0.6) is 0 Å². The first-order chi connectivity index (χ1) is 12.0. The zero-order valence-corrected chi connectivity index (χ0v) is 15.5. The molecule has 3 aromatic rings. The van der Waals surface area contributed by atoms with Crippen molar-refractivity contribution in [2.24, 2.45) is 0 Å². The van der Waals surface area contributed by atoms with Gasteiger partial charge in [-0.1, -0.05) is 6.92 Å². The average Bonchev–Trinajstić information content (AvgIpc) is 2.95. The van der Waals surface area contributed by atoms with Gasteiger partial charge in [0.2, 0.25) is 0 Å². The van der Waals surface area contributed by atoms with Crippen molar-refractivity contribution in [2.45, 2.75) is 51.9 Å². The number of ether oxygens (including phenoxy) is 1. The average molecular weight is 358 g/mol. The van der Waals surface area contributed by atoms with Crippen LogP contribution in [-0.4, -0.2) is 38.3 Å². The molecule has 7 heteroatoms. The van der Waals surface area contributed by atoms with Crippen molar-refractivity contribution < 1.29 is 9.84 Å². The van der Waals surface area contributed by atoms with Crippen molar-refractivity contribution in [1.29, 1.82) is 0 Å². The molecule has 1 aliphatic heterocycles. The predicted octanol–water partition coefficient (Wildman–Crippen LogP) is 3.27. The smallest absolute Gasteiger partial charge is 0.147 e. The zero-order valence-electron chi connectivity index (χ0n) is 14.7. The van der Waals surface area contributed by atoms with Crippen LogP contribution in [0.25, 0.3) is 20.4 Å². The van der Waals surface area contributed by atoms with Crippen LogP contribution >= 0.6 is 11.3 Å². The summed E-state index contributed by atoms with van der Waals surface area (Å²) in [6.45, 7) is 6.89. The van der Waals surface area contributed by atoms with Crippen LogP contribution in [0, 0.1) is 0 Å². The molecule has 0 radical (unpaired) electrons. The van der Waals surface area contributed by atoms with E-state index in [1.807, 2.05) is 6.92 Å². The minimum atomic E-state index is -0.174. The van der Waals surface area contributed by atoms with Gasteiger partial charge in [0.1, 0.15) is 17.0 Å². The molecule has 0 fully saturated rings. The van der Waals surface area contributed by atoms with E-state index in [0.29, 0.717) is 6.61 Å². The van der Waals surface area contributed by atoms with Crippen LogP contribution in [0.3, 0.4) is 0 Å². The number of thiophene rings is 1. The fourth-order valence-corrected chi connectivity index (χ4v) is 4.24. The van der Waals surface area contributed by atoms with Crippen molar-refractivity contribution >= 4 is 37.6 Å². The molecule has 0 aliphatic carbocycles. The summed E-state index contributed by atoms with van der Waals surface area (Å²) in [5.41, 5.74) is 2.98. The van der Waals surface area contributed by atoms with E-state index in [0.717, 1.165) is 50.4 Å². The highest BCUT2D eigenvalue weighted by atomic mass is 32.1. The monoisotopic (exact) mass is 358 g/mol. The fraction of sp³-hybridized carbons (Fsp3) is 0.500. The number of rotatable bonds is 4. The fourth-order valence-electron chi connectivity index (χ4n) is 3.16. The second kappa shape index (κ2) is 6.16. The third kappa shape index (κ3) is 2.96. The lowest BCUT2D eigenvalue weighted by Gasteiger charge is -2.30. The van der Waals surface area contributed by atoms with Crippen molar-refractivity contribution in [2.75, 3.05) is 11.9 Å². The van der Waals surface area contributed by atoms with E-state index in [9.17, 15) is 5.11 Å². The molecule has 0 unspecified atom stereocenters. The summed E-state index contributed by atoms with van der Waals surface area (Å²) in [5.74, 6) is 0.767. The van der Waals surface area contributed by atoms with E-state index >= 15 is 0 Å². The van der Waals surface area contributed by atoms with Crippen molar-refractivity contribution in [3.8, 4) is 0 Å². The number of nitrogens with one attached hydrogen (secondary N) is 1. The molecule has 132 valence electrons. The Bertz CT molecular complexity index is 934. The Morgan fingerprint density at radius 3 is 3.00 bits per heavy atom. The van der Waals surface area contributed by atoms with Crippen molar-refractivity contribution in [3.63, 3.8) is 0 Å². The maximum Gasteiger partial charge on any atom is 0.147 e. The number of hydrogen-bond acceptors (Lipinski definition) is 7. The molecule has 0 amide bonds. The Labute approximate surface area is 150 Å². The highest BCUT2D eigenvalue weighted by Crippen LogP contribution is 2.38. The minimum Gasteiger partial charge on any atom is -0.394 e. The molecule has 6 nitrogen and oxygen atoms in total. The molecule has 0 aromatic carbocycles. The van der Waals surface area contributed by atoms with Crippen LogP contribution in [0.15, 0.2) is 12.4 Å². The van der Waals surface area contributed by atoms with Crippen LogP contribution in [0.2, 0.25) is 0 Å². The van der Waals surface area contributed by atoms with Crippen LogP contribution in [0.4, 0.5) is 5.82 Å². The number of hydrogen-bond donors (Lipinski definition) is 2. The molecular formula is C18H22N4O2S. The Hall–Kier alpha value is -1.83. The van der Waals surface area contributed by atoms with Gasteiger partial charge in [-0.2, -0.15) is 0 Å². The molecule has 3 aromatic heterocycles. The second-order valence-corrected chi connectivity index (χ2v) is 8.11. The summed E-state index contributed by atoms with van der Waals surface area (Å²) in [7, 11) is 0. The molecule has 4 heterocycles. The number of anilines is 1. The molecular weight excluding hydrogens is 336 g/mol. The summed E-state index contributed by atoms with van der Waals surface area (Å²) < 4.78 is 6.91. The lowest BCUT2D eigenvalue weighted by molar-refractivity contribution is -0.0411. The molecule has 4 rings (SSSR count). The van der Waals surface area contributed by atoms with Gasteiger partial charge in [-0.15, -0.1) is 11.3 Å². The van der Waals surface area contributed by atoms with Crippen LogP contribution in [0.1, 0.15) is 38.4 Å². The molecule has 0 saturated carbocycles. The van der Waals surface area contributed by atoms with Gasteiger partial charge in [-0.3, -0.25) is 0 Å². The molecule has 1 atom stereocenters. The number of nitrogens with zero attached hydrogens (tertiary/aromatic N) is 3. The first-order valence-corrected chi connectivity index (χ1v) is 9.39. The van der Waals surface area contributed by atoms with Gasteiger partial charge in [-0.25, -0.2) is 15.0 Å². The Morgan fingerprint density at radius 2 is 2.24 bits per heavy atom. The molecule has 25 heavy (non-hydrogen) atoms. The summed E-state index contributed by atoms with van der Waals surface area (Å²) >= 11 is 1.60.